The molecular weight excluding hydrogens is 250 g/mol. The highest BCUT2D eigenvalue weighted by Gasteiger charge is 2.42. The Labute approximate surface area is 110 Å². The van der Waals surface area contributed by atoms with Gasteiger partial charge in [-0.15, -0.1) is 11.3 Å². The van der Waals surface area contributed by atoms with Crippen LogP contribution >= 0.6 is 11.3 Å². The number of rotatable bonds is 3. The van der Waals surface area contributed by atoms with Crippen LogP contribution in [0.15, 0.2) is 11.4 Å². The predicted octanol–water partition coefficient (Wildman–Crippen LogP) is 2.25. The average molecular weight is 267 g/mol. The molecule has 1 aromatic rings. The number of nitrogens with zero attached hydrogens (tertiary/aromatic N) is 1. The number of likely N-dealkylation sites (tertiary alicyclic amines) is 1. The molecule has 2 heterocycles. The normalized spacial score (nSPS) is 23.3. The molecule has 0 radical (unpaired) electrons. The Morgan fingerprint density at radius 3 is 2.83 bits per heavy atom. The second-order valence-electron chi connectivity index (χ2n) is 4.97. The second-order valence-corrected chi connectivity index (χ2v) is 5.89. The minimum atomic E-state index is -0.820. The molecule has 1 N–H and O–H groups in total. The van der Waals surface area contributed by atoms with Crippen LogP contribution in [0, 0.1) is 5.41 Å². The van der Waals surface area contributed by atoms with Crippen molar-refractivity contribution in [1.29, 1.82) is 0 Å². The first-order valence-corrected chi connectivity index (χ1v) is 6.95. The number of thiophene rings is 1. The fourth-order valence-corrected chi connectivity index (χ4v) is 3.22. The topological polar surface area (TPSA) is 57.6 Å². The van der Waals surface area contributed by atoms with Crippen molar-refractivity contribution in [3.05, 3.63) is 21.9 Å². The number of carbonyl (C=O) groups excluding carboxylic acids is 1. The van der Waals surface area contributed by atoms with Crippen molar-refractivity contribution in [3.8, 4) is 0 Å². The van der Waals surface area contributed by atoms with E-state index in [2.05, 4.69) is 0 Å². The second kappa shape index (κ2) is 4.72. The Morgan fingerprint density at radius 1 is 1.56 bits per heavy atom. The van der Waals surface area contributed by atoms with Crippen LogP contribution in [0.4, 0.5) is 0 Å². The van der Waals surface area contributed by atoms with Crippen LogP contribution in [0.2, 0.25) is 0 Å². The molecule has 1 aromatic heterocycles. The third-order valence-corrected chi connectivity index (χ3v) is 4.54. The molecule has 0 bridgehead atoms. The number of hydrogen-bond acceptors (Lipinski definition) is 3. The van der Waals surface area contributed by atoms with Gasteiger partial charge in [-0.2, -0.15) is 0 Å². The summed E-state index contributed by atoms with van der Waals surface area (Å²) in [5, 5.41) is 11.1. The van der Waals surface area contributed by atoms with Gasteiger partial charge in [-0.05, 0) is 36.8 Å². The summed E-state index contributed by atoms with van der Waals surface area (Å²) in [7, 11) is 0. The van der Waals surface area contributed by atoms with Gasteiger partial charge in [-0.3, -0.25) is 9.59 Å². The van der Waals surface area contributed by atoms with Gasteiger partial charge in [0.15, 0.2) is 0 Å². The van der Waals surface area contributed by atoms with Crippen molar-refractivity contribution >= 4 is 23.2 Å². The van der Waals surface area contributed by atoms with Gasteiger partial charge in [0.1, 0.15) is 0 Å². The summed E-state index contributed by atoms with van der Waals surface area (Å²) in [6, 6.07) is 1.96. The van der Waals surface area contributed by atoms with Gasteiger partial charge in [-0.25, -0.2) is 0 Å². The van der Waals surface area contributed by atoms with Crippen LogP contribution in [-0.2, 0) is 11.2 Å². The Kier molecular flexibility index (Phi) is 3.43. The molecule has 2 rings (SSSR count). The van der Waals surface area contributed by atoms with Gasteiger partial charge in [-0.1, -0.05) is 6.92 Å². The van der Waals surface area contributed by atoms with Gasteiger partial charge >= 0.3 is 5.97 Å². The predicted molar refractivity (Wildman–Crippen MR) is 70.0 cm³/mol. The Morgan fingerprint density at radius 2 is 2.28 bits per heavy atom. The first-order chi connectivity index (χ1) is 8.48. The van der Waals surface area contributed by atoms with Crippen LogP contribution in [0.3, 0.4) is 0 Å². The summed E-state index contributed by atoms with van der Waals surface area (Å²) < 4.78 is 0. The molecule has 1 aliphatic rings. The van der Waals surface area contributed by atoms with Crippen molar-refractivity contribution < 1.29 is 14.7 Å². The molecule has 98 valence electrons. The molecule has 1 atom stereocenters. The van der Waals surface area contributed by atoms with E-state index < -0.39 is 11.4 Å². The van der Waals surface area contributed by atoms with Crippen LogP contribution in [-0.4, -0.2) is 35.0 Å². The standard InChI is InChI=1S/C13H17NO3S/c1-3-9-4-7-18-10(9)11(15)14-6-5-13(2,8-14)12(16)17/h4,7H,3,5-6,8H2,1-2H3,(H,16,17)/t13-/m1/s1. The number of amides is 1. The summed E-state index contributed by atoms with van der Waals surface area (Å²) in [5.74, 6) is -0.841. The van der Waals surface area contributed by atoms with Crippen LogP contribution in [0.25, 0.3) is 0 Å². The maximum absolute atomic E-state index is 12.3. The van der Waals surface area contributed by atoms with E-state index in [1.807, 2.05) is 18.4 Å². The summed E-state index contributed by atoms with van der Waals surface area (Å²) in [5.41, 5.74) is 0.258. The molecule has 1 fully saturated rings. The number of carboxylic acid groups (broad SMARTS) is 1. The van der Waals surface area contributed by atoms with E-state index in [4.69, 9.17) is 5.11 Å². The molecule has 1 saturated heterocycles. The molecule has 0 aliphatic carbocycles. The molecule has 0 unspecified atom stereocenters. The monoisotopic (exact) mass is 267 g/mol. The zero-order valence-corrected chi connectivity index (χ0v) is 11.4. The summed E-state index contributed by atoms with van der Waals surface area (Å²) in [6.45, 7) is 4.56. The summed E-state index contributed by atoms with van der Waals surface area (Å²) >= 11 is 1.44. The van der Waals surface area contributed by atoms with Crippen molar-refractivity contribution in [2.75, 3.05) is 13.1 Å². The van der Waals surface area contributed by atoms with E-state index in [0.29, 0.717) is 19.5 Å². The van der Waals surface area contributed by atoms with Crippen LogP contribution in [0.1, 0.15) is 35.5 Å². The first kappa shape index (κ1) is 13.1. The molecular formula is C13H17NO3S. The third kappa shape index (κ3) is 2.14. The maximum Gasteiger partial charge on any atom is 0.311 e. The van der Waals surface area contributed by atoms with Gasteiger partial charge < -0.3 is 10.0 Å². The molecule has 18 heavy (non-hydrogen) atoms. The minimum absolute atomic E-state index is 0.0215. The molecule has 0 saturated carbocycles. The zero-order valence-electron chi connectivity index (χ0n) is 10.6. The zero-order chi connectivity index (χ0) is 13.3. The number of carboxylic acids is 1. The van der Waals surface area contributed by atoms with E-state index in [9.17, 15) is 9.59 Å². The lowest BCUT2D eigenvalue weighted by atomic mass is 9.90. The van der Waals surface area contributed by atoms with E-state index >= 15 is 0 Å². The van der Waals surface area contributed by atoms with E-state index in [-0.39, 0.29) is 5.91 Å². The number of aliphatic carboxylic acids is 1. The van der Waals surface area contributed by atoms with E-state index in [0.717, 1.165) is 16.9 Å². The van der Waals surface area contributed by atoms with Crippen molar-refractivity contribution in [3.63, 3.8) is 0 Å². The van der Waals surface area contributed by atoms with Crippen molar-refractivity contribution in [1.82, 2.24) is 4.90 Å². The van der Waals surface area contributed by atoms with Gasteiger partial charge in [0.2, 0.25) is 0 Å². The number of carbonyl (C=O) groups is 2. The van der Waals surface area contributed by atoms with Gasteiger partial charge in [0.05, 0.1) is 10.3 Å². The molecule has 4 nitrogen and oxygen atoms in total. The fraction of sp³-hybridized carbons (Fsp3) is 0.538. The highest BCUT2D eigenvalue weighted by Crippen LogP contribution is 2.32. The van der Waals surface area contributed by atoms with Crippen LogP contribution in [0.5, 0.6) is 0 Å². The van der Waals surface area contributed by atoms with Crippen molar-refractivity contribution in [2.24, 2.45) is 5.41 Å². The lowest BCUT2D eigenvalue weighted by Crippen LogP contribution is -2.34. The van der Waals surface area contributed by atoms with Crippen molar-refractivity contribution in [2.45, 2.75) is 26.7 Å². The Balaban J connectivity index is 2.15. The highest BCUT2D eigenvalue weighted by molar-refractivity contribution is 7.12. The van der Waals surface area contributed by atoms with E-state index in [1.165, 1.54) is 11.3 Å². The average Bonchev–Trinajstić information content (AvgIpc) is 2.94. The first-order valence-electron chi connectivity index (χ1n) is 6.07. The minimum Gasteiger partial charge on any atom is -0.481 e. The number of aryl methyl sites for hydroxylation is 1. The lowest BCUT2D eigenvalue weighted by molar-refractivity contribution is -0.147. The molecule has 1 aliphatic heterocycles. The smallest absolute Gasteiger partial charge is 0.311 e. The number of hydrogen-bond donors (Lipinski definition) is 1. The molecule has 0 aromatic carbocycles. The third-order valence-electron chi connectivity index (χ3n) is 3.60. The van der Waals surface area contributed by atoms with E-state index in [1.54, 1.807) is 11.8 Å². The quantitative estimate of drug-likeness (QED) is 0.913. The van der Waals surface area contributed by atoms with Crippen LogP contribution < -0.4 is 0 Å². The Bertz CT molecular complexity index is 482. The van der Waals surface area contributed by atoms with Gasteiger partial charge in [0.25, 0.3) is 5.91 Å². The molecule has 1 amide bonds. The maximum atomic E-state index is 12.3. The SMILES string of the molecule is CCc1ccsc1C(=O)N1CC[C@@](C)(C(=O)O)C1. The lowest BCUT2D eigenvalue weighted by Gasteiger charge is -2.20. The highest BCUT2D eigenvalue weighted by atomic mass is 32.1. The summed E-state index contributed by atoms with van der Waals surface area (Å²) in [6.07, 6.45) is 1.36. The fourth-order valence-electron chi connectivity index (χ4n) is 2.25. The molecule has 0 spiro atoms. The molecule has 5 heteroatoms. The summed E-state index contributed by atoms with van der Waals surface area (Å²) in [4.78, 5) is 25.9. The Hall–Kier alpha value is -1.36. The largest absolute Gasteiger partial charge is 0.481 e. The van der Waals surface area contributed by atoms with Gasteiger partial charge in [0, 0.05) is 13.1 Å².